The zero-order chi connectivity index (χ0) is 19.8. The van der Waals surface area contributed by atoms with Gasteiger partial charge in [0.2, 0.25) is 0 Å². The molecular weight excluding hydrogens is 380 g/mol. The predicted octanol–water partition coefficient (Wildman–Crippen LogP) is 4.08. The van der Waals surface area contributed by atoms with Crippen molar-refractivity contribution in [1.29, 1.82) is 0 Å². The number of carbonyl (C=O) groups excluding carboxylic acids is 1. The number of nitrogens with one attached hydrogen (secondary N) is 1. The second-order valence-electron chi connectivity index (χ2n) is 5.62. The first kappa shape index (κ1) is 20.8. The molecule has 146 valence electrons. The third-order valence-electron chi connectivity index (χ3n) is 3.65. The first-order chi connectivity index (χ1) is 12.9. The fourth-order valence-corrected chi connectivity index (χ4v) is 2.44. The second kappa shape index (κ2) is 9.97. The number of halogens is 3. The van der Waals surface area contributed by atoms with E-state index in [9.17, 15) is 13.6 Å². The van der Waals surface area contributed by atoms with Crippen LogP contribution in [0.5, 0.6) is 17.2 Å². The highest BCUT2D eigenvalue weighted by Gasteiger charge is 2.15. The lowest BCUT2D eigenvalue weighted by Crippen LogP contribution is -2.37. The van der Waals surface area contributed by atoms with E-state index in [1.165, 1.54) is 13.2 Å². The predicted molar refractivity (Wildman–Crippen MR) is 97.9 cm³/mol. The largest absolute Gasteiger partial charge is 0.493 e. The lowest BCUT2D eigenvalue weighted by molar-refractivity contribution is -0.127. The Morgan fingerprint density at radius 3 is 2.44 bits per heavy atom. The van der Waals surface area contributed by atoms with Gasteiger partial charge in [-0.25, -0.2) is 0 Å². The van der Waals surface area contributed by atoms with E-state index >= 15 is 0 Å². The molecule has 0 heterocycles. The Bertz CT molecular complexity index is 756. The number of carbonyl (C=O) groups is 1. The Morgan fingerprint density at radius 2 is 1.81 bits per heavy atom. The van der Waals surface area contributed by atoms with E-state index in [-0.39, 0.29) is 17.4 Å². The van der Waals surface area contributed by atoms with Crippen molar-refractivity contribution in [3.05, 3.63) is 53.1 Å². The van der Waals surface area contributed by atoms with Crippen LogP contribution in [-0.4, -0.2) is 32.3 Å². The van der Waals surface area contributed by atoms with Gasteiger partial charge in [0.25, 0.3) is 5.91 Å². The van der Waals surface area contributed by atoms with Gasteiger partial charge in [0.05, 0.1) is 7.11 Å². The van der Waals surface area contributed by atoms with Crippen molar-refractivity contribution in [3.8, 4) is 17.2 Å². The van der Waals surface area contributed by atoms with Gasteiger partial charge in [-0.2, -0.15) is 8.78 Å². The van der Waals surface area contributed by atoms with Crippen LogP contribution in [0, 0.1) is 0 Å². The summed E-state index contributed by atoms with van der Waals surface area (Å²) in [5, 5.41) is 3.32. The van der Waals surface area contributed by atoms with Crippen LogP contribution in [-0.2, 0) is 11.2 Å². The second-order valence-corrected chi connectivity index (χ2v) is 6.06. The van der Waals surface area contributed by atoms with Gasteiger partial charge >= 0.3 is 6.61 Å². The number of alkyl halides is 2. The van der Waals surface area contributed by atoms with Gasteiger partial charge in [0.1, 0.15) is 5.75 Å². The van der Waals surface area contributed by atoms with Crippen molar-refractivity contribution in [1.82, 2.24) is 5.32 Å². The molecule has 2 aromatic rings. The normalized spacial score (nSPS) is 11.8. The van der Waals surface area contributed by atoms with E-state index in [4.69, 9.17) is 21.1 Å². The number of ether oxygens (including phenoxy) is 3. The number of amides is 1. The van der Waals surface area contributed by atoms with Gasteiger partial charge in [-0.3, -0.25) is 4.79 Å². The highest BCUT2D eigenvalue weighted by molar-refractivity contribution is 6.30. The highest BCUT2D eigenvalue weighted by Crippen LogP contribution is 2.29. The maximum absolute atomic E-state index is 12.5. The van der Waals surface area contributed by atoms with E-state index in [2.05, 4.69) is 10.1 Å². The Morgan fingerprint density at radius 1 is 1.11 bits per heavy atom. The Labute approximate surface area is 161 Å². The van der Waals surface area contributed by atoms with E-state index in [1.807, 2.05) is 0 Å². The van der Waals surface area contributed by atoms with E-state index in [0.29, 0.717) is 23.7 Å². The van der Waals surface area contributed by atoms with Gasteiger partial charge in [-0.1, -0.05) is 17.7 Å². The standard InChI is InChI=1S/C19H20ClF2NO4/c1-12(26-15-6-4-14(20)5-7-15)18(24)23-10-9-13-3-8-16(25-2)17(11-13)27-19(21)22/h3-8,11-12,19H,9-10H2,1-2H3,(H,23,24). The van der Waals surface area contributed by atoms with Crippen molar-refractivity contribution in [2.75, 3.05) is 13.7 Å². The molecule has 1 amide bonds. The summed E-state index contributed by atoms with van der Waals surface area (Å²) in [5.74, 6) is 0.414. The molecule has 0 aromatic heterocycles. The zero-order valence-electron chi connectivity index (χ0n) is 14.9. The molecule has 5 nitrogen and oxygen atoms in total. The summed E-state index contributed by atoms with van der Waals surface area (Å²) >= 11 is 5.80. The molecule has 1 unspecified atom stereocenters. The monoisotopic (exact) mass is 399 g/mol. The minimum absolute atomic E-state index is 0.0456. The smallest absolute Gasteiger partial charge is 0.387 e. The molecule has 0 spiro atoms. The Hall–Kier alpha value is -2.54. The van der Waals surface area contributed by atoms with Crippen molar-refractivity contribution >= 4 is 17.5 Å². The van der Waals surface area contributed by atoms with Crippen LogP contribution in [0.4, 0.5) is 8.78 Å². The maximum atomic E-state index is 12.5. The van der Waals surface area contributed by atoms with Crippen molar-refractivity contribution < 1.29 is 27.8 Å². The van der Waals surface area contributed by atoms with E-state index < -0.39 is 12.7 Å². The number of rotatable bonds is 9. The van der Waals surface area contributed by atoms with E-state index in [0.717, 1.165) is 5.56 Å². The molecule has 8 heteroatoms. The summed E-state index contributed by atoms with van der Waals surface area (Å²) in [4.78, 5) is 12.1. The fourth-order valence-electron chi connectivity index (χ4n) is 2.31. The average Bonchev–Trinajstić information content (AvgIpc) is 2.63. The van der Waals surface area contributed by atoms with Crippen LogP contribution in [0.2, 0.25) is 5.02 Å². The van der Waals surface area contributed by atoms with Crippen LogP contribution in [0.15, 0.2) is 42.5 Å². The molecule has 2 rings (SSSR count). The van der Waals surface area contributed by atoms with E-state index in [1.54, 1.807) is 43.3 Å². The molecule has 1 N–H and O–H groups in total. The SMILES string of the molecule is COc1ccc(CCNC(=O)C(C)Oc2ccc(Cl)cc2)cc1OC(F)F. The number of methoxy groups -OCH3 is 1. The van der Waals surface area contributed by atoms with Crippen molar-refractivity contribution in [2.45, 2.75) is 26.1 Å². The summed E-state index contributed by atoms with van der Waals surface area (Å²) in [7, 11) is 1.37. The third-order valence-corrected chi connectivity index (χ3v) is 3.90. The molecular formula is C19H20ClF2NO4. The van der Waals surface area contributed by atoms with Gasteiger partial charge in [0.15, 0.2) is 17.6 Å². The minimum Gasteiger partial charge on any atom is -0.493 e. The molecule has 0 radical (unpaired) electrons. The Kier molecular flexibility index (Phi) is 7.67. The summed E-state index contributed by atoms with van der Waals surface area (Å²) in [6.45, 7) is -1.00. The molecule has 0 aliphatic carbocycles. The number of hydrogen-bond acceptors (Lipinski definition) is 4. The molecule has 0 saturated heterocycles. The molecule has 0 fully saturated rings. The molecule has 0 aliphatic rings. The van der Waals surface area contributed by atoms with Gasteiger partial charge < -0.3 is 19.5 Å². The highest BCUT2D eigenvalue weighted by atomic mass is 35.5. The van der Waals surface area contributed by atoms with Crippen molar-refractivity contribution in [2.24, 2.45) is 0 Å². The number of benzene rings is 2. The molecule has 2 aromatic carbocycles. The Balaban J connectivity index is 1.85. The molecule has 0 bridgehead atoms. The van der Waals surface area contributed by atoms with Gasteiger partial charge in [-0.05, 0) is 55.3 Å². The van der Waals surface area contributed by atoms with Crippen LogP contribution in [0.25, 0.3) is 0 Å². The third kappa shape index (κ3) is 6.60. The van der Waals surface area contributed by atoms with Crippen molar-refractivity contribution in [3.63, 3.8) is 0 Å². The first-order valence-electron chi connectivity index (χ1n) is 8.20. The summed E-state index contributed by atoms with van der Waals surface area (Å²) in [5.41, 5.74) is 0.720. The van der Waals surface area contributed by atoms with Crippen LogP contribution in [0.3, 0.4) is 0 Å². The van der Waals surface area contributed by atoms with Crippen LogP contribution >= 0.6 is 11.6 Å². The average molecular weight is 400 g/mol. The summed E-state index contributed by atoms with van der Waals surface area (Å²) in [6.07, 6.45) is -0.261. The van der Waals surface area contributed by atoms with Gasteiger partial charge in [0, 0.05) is 11.6 Å². The fraction of sp³-hybridized carbons (Fsp3) is 0.316. The summed E-state index contributed by atoms with van der Waals surface area (Å²) in [6, 6.07) is 11.4. The van der Waals surface area contributed by atoms with Crippen LogP contribution < -0.4 is 19.5 Å². The van der Waals surface area contributed by atoms with Crippen LogP contribution in [0.1, 0.15) is 12.5 Å². The molecule has 0 aliphatic heterocycles. The molecule has 0 saturated carbocycles. The molecule has 27 heavy (non-hydrogen) atoms. The maximum Gasteiger partial charge on any atom is 0.387 e. The molecule has 1 atom stereocenters. The first-order valence-corrected chi connectivity index (χ1v) is 8.58. The van der Waals surface area contributed by atoms with Gasteiger partial charge in [-0.15, -0.1) is 0 Å². The minimum atomic E-state index is -2.94. The zero-order valence-corrected chi connectivity index (χ0v) is 15.6. The lowest BCUT2D eigenvalue weighted by Gasteiger charge is -2.15. The topological polar surface area (TPSA) is 56.8 Å². The lowest BCUT2D eigenvalue weighted by atomic mass is 10.1. The quantitative estimate of drug-likeness (QED) is 0.690. The number of hydrogen-bond donors (Lipinski definition) is 1. The summed E-state index contributed by atoms with van der Waals surface area (Å²) < 4.78 is 39.9.